The second-order valence-electron chi connectivity index (χ2n) is 4.36. The van der Waals surface area contributed by atoms with Gasteiger partial charge in [-0.25, -0.2) is 4.39 Å². The first-order chi connectivity index (χ1) is 9.13. The summed E-state index contributed by atoms with van der Waals surface area (Å²) in [6.07, 6.45) is 3.63. The van der Waals surface area contributed by atoms with E-state index in [0.29, 0.717) is 12.1 Å². The Hall–Kier alpha value is -1.23. The van der Waals surface area contributed by atoms with E-state index in [-0.39, 0.29) is 11.6 Å². The van der Waals surface area contributed by atoms with Crippen LogP contribution in [0.5, 0.6) is 0 Å². The number of unbranched alkanes of at least 4 members (excludes halogenated alkanes) is 1. The zero-order valence-corrected chi connectivity index (χ0v) is 12.1. The highest BCUT2D eigenvalue weighted by molar-refractivity contribution is 7.99. The lowest BCUT2D eigenvalue weighted by molar-refractivity contribution is -0.116. The quantitative estimate of drug-likeness (QED) is 0.566. The molecule has 0 heterocycles. The van der Waals surface area contributed by atoms with Crippen LogP contribution in [0, 0.1) is 5.82 Å². The summed E-state index contributed by atoms with van der Waals surface area (Å²) in [6.45, 7) is 2.16. The predicted octanol–water partition coefficient (Wildman–Crippen LogP) is 3.66. The molecule has 0 aromatic heterocycles. The number of nitrogens with one attached hydrogen (secondary N) is 1. The van der Waals surface area contributed by atoms with Crippen LogP contribution in [0.25, 0.3) is 0 Å². The van der Waals surface area contributed by atoms with Crippen molar-refractivity contribution in [1.29, 1.82) is 0 Å². The van der Waals surface area contributed by atoms with Crippen LogP contribution in [0.15, 0.2) is 18.2 Å². The molecule has 0 aliphatic heterocycles. The summed E-state index contributed by atoms with van der Waals surface area (Å²) in [5, 5.41) is 2.55. The number of thioether (sulfide) groups is 1. The third-order valence-electron chi connectivity index (χ3n) is 2.60. The number of hydrogen-bond acceptors (Lipinski definition) is 3. The fourth-order valence-corrected chi connectivity index (χ4v) is 2.58. The van der Waals surface area contributed by atoms with Crippen molar-refractivity contribution < 1.29 is 9.18 Å². The molecule has 0 bridgehead atoms. The number of carbonyl (C=O) groups is 1. The van der Waals surface area contributed by atoms with Gasteiger partial charge in [0.25, 0.3) is 0 Å². The Morgan fingerprint density at radius 2 is 2.11 bits per heavy atom. The van der Waals surface area contributed by atoms with E-state index in [1.54, 1.807) is 0 Å². The van der Waals surface area contributed by atoms with Gasteiger partial charge in [-0.2, -0.15) is 11.8 Å². The van der Waals surface area contributed by atoms with Gasteiger partial charge >= 0.3 is 0 Å². The lowest BCUT2D eigenvalue weighted by atomic mass is 10.2. The number of rotatable bonds is 8. The van der Waals surface area contributed by atoms with Crippen molar-refractivity contribution >= 4 is 29.0 Å². The van der Waals surface area contributed by atoms with Gasteiger partial charge in [-0.3, -0.25) is 4.79 Å². The molecule has 1 aromatic rings. The average molecular weight is 284 g/mol. The number of carbonyl (C=O) groups excluding carboxylic acids is 1. The molecule has 1 rings (SSSR count). The summed E-state index contributed by atoms with van der Waals surface area (Å²) in [4.78, 5) is 11.6. The minimum Gasteiger partial charge on any atom is -0.399 e. The smallest absolute Gasteiger partial charge is 0.224 e. The Balaban J connectivity index is 2.25. The SMILES string of the molecule is CCCCSCCCC(=O)Nc1cc(N)ccc1F. The van der Waals surface area contributed by atoms with Gasteiger partial charge in [0.2, 0.25) is 5.91 Å². The van der Waals surface area contributed by atoms with E-state index >= 15 is 0 Å². The van der Waals surface area contributed by atoms with Gasteiger partial charge in [0.1, 0.15) is 5.82 Å². The number of nitrogens with two attached hydrogens (primary N) is 1. The van der Waals surface area contributed by atoms with Gasteiger partial charge in [-0.05, 0) is 42.5 Å². The number of anilines is 2. The molecular weight excluding hydrogens is 263 g/mol. The van der Waals surface area contributed by atoms with Crippen LogP contribution in [-0.2, 0) is 4.79 Å². The van der Waals surface area contributed by atoms with E-state index in [9.17, 15) is 9.18 Å². The molecule has 0 unspecified atom stereocenters. The van der Waals surface area contributed by atoms with Crippen LogP contribution in [0.1, 0.15) is 32.6 Å². The maximum atomic E-state index is 13.4. The first-order valence-electron chi connectivity index (χ1n) is 6.56. The molecule has 0 aliphatic rings. The third kappa shape index (κ3) is 6.47. The highest BCUT2D eigenvalue weighted by Gasteiger charge is 2.07. The van der Waals surface area contributed by atoms with E-state index in [2.05, 4.69) is 12.2 Å². The van der Waals surface area contributed by atoms with Crippen molar-refractivity contribution in [2.75, 3.05) is 22.6 Å². The van der Waals surface area contributed by atoms with E-state index in [1.165, 1.54) is 31.0 Å². The molecule has 19 heavy (non-hydrogen) atoms. The summed E-state index contributed by atoms with van der Waals surface area (Å²) in [5.74, 6) is 1.48. The lowest BCUT2D eigenvalue weighted by Crippen LogP contribution is -2.13. The monoisotopic (exact) mass is 284 g/mol. The Kier molecular flexibility index (Phi) is 7.33. The lowest BCUT2D eigenvalue weighted by Gasteiger charge is -2.07. The third-order valence-corrected chi connectivity index (χ3v) is 3.75. The number of halogens is 1. The van der Waals surface area contributed by atoms with Crippen LogP contribution in [0.3, 0.4) is 0 Å². The number of nitrogen functional groups attached to an aromatic ring is 1. The molecule has 0 saturated carbocycles. The Labute approximate surface area is 118 Å². The Bertz CT molecular complexity index is 412. The maximum Gasteiger partial charge on any atom is 0.224 e. The molecule has 0 spiro atoms. The van der Waals surface area contributed by atoms with Crippen molar-refractivity contribution in [3.8, 4) is 0 Å². The molecule has 5 heteroatoms. The molecule has 0 radical (unpaired) electrons. The molecule has 3 nitrogen and oxygen atoms in total. The van der Waals surface area contributed by atoms with Crippen LogP contribution in [-0.4, -0.2) is 17.4 Å². The topological polar surface area (TPSA) is 55.1 Å². The van der Waals surface area contributed by atoms with Crippen LogP contribution < -0.4 is 11.1 Å². The second kappa shape index (κ2) is 8.80. The molecule has 1 aromatic carbocycles. The summed E-state index contributed by atoms with van der Waals surface area (Å²) < 4.78 is 13.4. The highest BCUT2D eigenvalue weighted by Crippen LogP contribution is 2.18. The summed E-state index contributed by atoms with van der Waals surface area (Å²) in [7, 11) is 0. The zero-order valence-electron chi connectivity index (χ0n) is 11.2. The molecule has 0 aliphatic carbocycles. The van der Waals surface area contributed by atoms with Gasteiger partial charge in [0.15, 0.2) is 0 Å². The summed E-state index contributed by atoms with van der Waals surface area (Å²) >= 11 is 1.86. The van der Waals surface area contributed by atoms with E-state index < -0.39 is 5.82 Å². The summed E-state index contributed by atoms with van der Waals surface area (Å²) in [5.41, 5.74) is 6.14. The standard InChI is InChI=1S/C14H21FN2OS/c1-2-3-8-19-9-4-5-14(18)17-13-10-11(16)6-7-12(13)15/h6-7,10H,2-5,8-9,16H2,1H3,(H,17,18). The average Bonchev–Trinajstić information content (AvgIpc) is 2.38. The van der Waals surface area contributed by atoms with Crippen molar-refractivity contribution in [2.45, 2.75) is 32.6 Å². The van der Waals surface area contributed by atoms with Crippen molar-refractivity contribution in [3.63, 3.8) is 0 Å². The fourth-order valence-electron chi connectivity index (χ4n) is 1.53. The normalized spacial score (nSPS) is 10.4. The van der Waals surface area contributed by atoms with E-state index in [4.69, 9.17) is 5.73 Å². The van der Waals surface area contributed by atoms with E-state index in [0.717, 1.165) is 17.9 Å². The van der Waals surface area contributed by atoms with Crippen molar-refractivity contribution in [2.24, 2.45) is 0 Å². The van der Waals surface area contributed by atoms with Crippen molar-refractivity contribution in [3.05, 3.63) is 24.0 Å². The number of benzene rings is 1. The molecule has 1 amide bonds. The first kappa shape index (κ1) is 15.8. The number of amides is 1. The largest absolute Gasteiger partial charge is 0.399 e. The molecule has 0 saturated heterocycles. The van der Waals surface area contributed by atoms with Crippen LogP contribution >= 0.6 is 11.8 Å². The second-order valence-corrected chi connectivity index (χ2v) is 5.58. The van der Waals surface area contributed by atoms with Crippen LogP contribution in [0.2, 0.25) is 0 Å². The predicted molar refractivity (Wildman–Crippen MR) is 80.9 cm³/mol. The molecular formula is C14H21FN2OS. The van der Waals surface area contributed by atoms with Gasteiger partial charge < -0.3 is 11.1 Å². The molecule has 0 fully saturated rings. The van der Waals surface area contributed by atoms with Gasteiger partial charge in [-0.15, -0.1) is 0 Å². The van der Waals surface area contributed by atoms with Gasteiger partial charge in [0, 0.05) is 12.1 Å². The zero-order chi connectivity index (χ0) is 14.1. The minimum absolute atomic E-state index is 0.156. The molecule has 106 valence electrons. The first-order valence-corrected chi connectivity index (χ1v) is 7.71. The number of hydrogen-bond donors (Lipinski definition) is 2. The Morgan fingerprint density at radius 1 is 1.37 bits per heavy atom. The van der Waals surface area contributed by atoms with E-state index in [1.807, 2.05) is 11.8 Å². The van der Waals surface area contributed by atoms with Gasteiger partial charge in [-0.1, -0.05) is 13.3 Å². The molecule has 3 N–H and O–H groups in total. The van der Waals surface area contributed by atoms with Crippen molar-refractivity contribution in [1.82, 2.24) is 0 Å². The highest BCUT2D eigenvalue weighted by atomic mass is 32.2. The molecule has 0 atom stereocenters. The van der Waals surface area contributed by atoms with Crippen LogP contribution in [0.4, 0.5) is 15.8 Å². The van der Waals surface area contributed by atoms with Gasteiger partial charge in [0.05, 0.1) is 5.69 Å². The maximum absolute atomic E-state index is 13.4. The Morgan fingerprint density at radius 3 is 2.84 bits per heavy atom. The minimum atomic E-state index is -0.458. The fraction of sp³-hybridized carbons (Fsp3) is 0.500. The summed E-state index contributed by atoms with van der Waals surface area (Å²) in [6, 6.07) is 4.16.